The molecule has 0 radical (unpaired) electrons. The summed E-state index contributed by atoms with van der Waals surface area (Å²) in [7, 11) is 0. The number of nitrogens with one attached hydrogen (secondary N) is 1. The van der Waals surface area contributed by atoms with Crippen LogP contribution in [0, 0.1) is 13.8 Å². The van der Waals surface area contributed by atoms with Crippen molar-refractivity contribution < 1.29 is 19.4 Å². The highest BCUT2D eigenvalue weighted by atomic mass is 32.1. The van der Waals surface area contributed by atoms with Crippen LogP contribution in [0.5, 0.6) is 0 Å². The Bertz CT molecular complexity index is 525. The molecule has 3 atom stereocenters. The summed E-state index contributed by atoms with van der Waals surface area (Å²) in [6.45, 7) is 5.99. The molecule has 3 unspecified atom stereocenters. The highest BCUT2D eigenvalue weighted by molar-refractivity contribution is 7.12. The molecule has 1 aliphatic rings. The highest BCUT2D eigenvalue weighted by Crippen LogP contribution is 2.27. The van der Waals surface area contributed by atoms with E-state index in [1.54, 1.807) is 11.3 Å². The SMILES string of the molecule is Cc1cc(C(C)NC(=O)C2CCC(C(=O)O)O2)c(C)s1. The topological polar surface area (TPSA) is 75.6 Å². The van der Waals surface area contributed by atoms with Crippen LogP contribution in [0.2, 0.25) is 0 Å². The third-order valence-electron chi connectivity index (χ3n) is 3.49. The number of rotatable bonds is 4. The standard InChI is InChI=1S/C14H19NO4S/c1-7-6-10(9(3)20-7)8(2)15-13(16)11-4-5-12(19-11)14(17)18/h6,8,11-12H,4-5H2,1-3H3,(H,15,16)(H,17,18). The third kappa shape index (κ3) is 3.19. The molecule has 2 rings (SSSR count). The zero-order valence-corrected chi connectivity index (χ0v) is 12.6. The maximum Gasteiger partial charge on any atom is 0.332 e. The van der Waals surface area contributed by atoms with Gasteiger partial charge in [-0.05, 0) is 45.2 Å². The second-order valence-corrected chi connectivity index (χ2v) is 6.59. The lowest BCUT2D eigenvalue weighted by Crippen LogP contribution is -2.37. The highest BCUT2D eigenvalue weighted by Gasteiger charge is 2.35. The smallest absolute Gasteiger partial charge is 0.332 e. The minimum Gasteiger partial charge on any atom is -0.479 e. The van der Waals surface area contributed by atoms with Crippen LogP contribution in [0.1, 0.15) is 41.1 Å². The lowest BCUT2D eigenvalue weighted by molar-refractivity contribution is -0.151. The average Bonchev–Trinajstić information content (AvgIpc) is 2.95. The molecule has 1 aromatic rings. The van der Waals surface area contributed by atoms with Crippen molar-refractivity contribution in [3.05, 3.63) is 21.4 Å². The largest absolute Gasteiger partial charge is 0.479 e. The van der Waals surface area contributed by atoms with Crippen LogP contribution in [-0.4, -0.2) is 29.2 Å². The number of carboxylic acids is 1. The van der Waals surface area contributed by atoms with Crippen molar-refractivity contribution in [2.75, 3.05) is 0 Å². The van der Waals surface area contributed by atoms with Gasteiger partial charge in [-0.1, -0.05) is 0 Å². The first-order valence-electron chi connectivity index (χ1n) is 6.64. The van der Waals surface area contributed by atoms with E-state index in [4.69, 9.17) is 9.84 Å². The summed E-state index contributed by atoms with van der Waals surface area (Å²) in [5.74, 6) is -1.23. The van der Waals surface area contributed by atoms with Crippen molar-refractivity contribution in [3.63, 3.8) is 0 Å². The monoisotopic (exact) mass is 297 g/mol. The summed E-state index contributed by atoms with van der Waals surface area (Å²) >= 11 is 1.70. The van der Waals surface area contributed by atoms with E-state index in [1.165, 1.54) is 9.75 Å². The summed E-state index contributed by atoms with van der Waals surface area (Å²) in [5, 5.41) is 11.8. The Kier molecular flexibility index (Phi) is 4.45. The van der Waals surface area contributed by atoms with Crippen LogP contribution < -0.4 is 5.32 Å². The fourth-order valence-corrected chi connectivity index (χ4v) is 3.50. The molecular formula is C14H19NO4S. The predicted octanol–water partition coefficient (Wildman–Crippen LogP) is 2.17. The van der Waals surface area contributed by atoms with Gasteiger partial charge in [0.2, 0.25) is 5.91 Å². The van der Waals surface area contributed by atoms with Gasteiger partial charge in [0.1, 0.15) is 6.10 Å². The van der Waals surface area contributed by atoms with Gasteiger partial charge in [-0.3, -0.25) is 4.79 Å². The van der Waals surface area contributed by atoms with Crippen LogP contribution in [0.15, 0.2) is 6.07 Å². The zero-order valence-electron chi connectivity index (χ0n) is 11.8. The first-order chi connectivity index (χ1) is 9.38. The molecule has 0 bridgehead atoms. The molecule has 6 heteroatoms. The van der Waals surface area contributed by atoms with Crippen molar-refractivity contribution in [2.24, 2.45) is 0 Å². The Morgan fingerprint density at radius 3 is 2.55 bits per heavy atom. The van der Waals surface area contributed by atoms with E-state index in [0.717, 1.165) is 5.56 Å². The zero-order chi connectivity index (χ0) is 14.9. The number of hydrogen-bond donors (Lipinski definition) is 2. The van der Waals surface area contributed by atoms with E-state index in [-0.39, 0.29) is 11.9 Å². The molecule has 110 valence electrons. The van der Waals surface area contributed by atoms with Crippen molar-refractivity contribution in [1.82, 2.24) is 5.32 Å². The third-order valence-corrected chi connectivity index (χ3v) is 4.47. The molecule has 1 saturated heterocycles. The minimum atomic E-state index is -1.00. The Hall–Kier alpha value is -1.40. The number of carbonyl (C=O) groups is 2. The summed E-state index contributed by atoms with van der Waals surface area (Å²) in [6, 6.07) is 1.97. The Balaban J connectivity index is 1.95. The van der Waals surface area contributed by atoms with E-state index in [0.29, 0.717) is 12.8 Å². The normalized spacial score (nSPS) is 23.6. The Labute approximate surface area is 121 Å². The van der Waals surface area contributed by atoms with Crippen molar-refractivity contribution in [3.8, 4) is 0 Å². The first kappa shape index (κ1) is 15.0. The molecule has 0 saturated carbocycles. The number of hydrogen-bond acceptors (Lipinski definition) is 4. The Morgan fingerprint density at radius 2 is 2.05 bits per heavy atom. The molecule has 0 aliphatic carbocycles. The van der Waals surface area contributed by atoms with Crippen molar-refractivity contribution in [2.45, 2.75) is 51.9 Å². The molecule has 20 heavy (non-hydrogen) atoms. The molecule has 1 amide bonds. The van der Waals surface area contributed by atoms with E-state index in [2.05, 4.69) is 11.4 Å². The molecule has 5 nitrogen and oxygen atoms in total. The van der Waals surface area contributed by atoms with Gasteiger partial charge in [0.25, 0.3) is 0 Å². The second-order valence-electron chi connectivity index (χ2n) is 5.13. The van der Waals surface area contributed by atoms with Gasteiger partial charge >= 0.3 is 5.97 Å². The summed E-state index contributed by atoms with van der Waals surface area (Å²) in [6.07, 6.45) is -0.667. The van der Waals surface area contributed by atoms with Crippen LogP contribution in [0.4, 0.5) is 0 Å². The maximum atomic E-state index is 12.1. The summed E-state index contributed by atoms with van der Waals surface area (Å²) in [4.78, 5) is 25.3. The van der Waals surface area contributed by atoms with Crippen LogP contribution in [-0.2, 0) is 14.3 Å². The number of thiophene rings is 1. The van der Waals surface area contributed by atoms with Gasteiger partial charge in [0, 0.05) is 9.75 Å². The van der Waals surface area contributed by atoms with Crippen molar-refractivity contribution >= 4 is 23.2 Å². The number of amides is 1. The molecule has 2 N–H and O–H groups in total. The fraction of sp³-hybridized carbons (Fsp3) is 0.571. The maximum absolute atomic E-state index is 12.1. The van der Waals surface area contributed by atoms with E-state index < -0.39 is 18.2 Å². The summed E-state index contributed by atoms with van der Waals surface area (Å²) in [5.41, 5.74) is 1.11. The fourth-order valence-electron chi connectivity index (χ4n) is 2.48. The molecule has 1 aliphatic heterocycles. The average molecular weight is 297 g/mol. The number of carbonyl (C=O) groups excluding carboxylic acids is 1. The van der Waals surface area contributed by atoms with E-state index in [1.807, 2.05) is 20.8 Å². The van der Waals surface area contributed by atoms with E-state index >= 15 is 0 Å². The lowest BCUT2D eigenvalue weighted by atomic mass is 10.1. The lowest BCUT2D eigenvalue weighted by Gasteiger charge is -2.17. The van der Waals surface area contributed by atoms with Gasteiger partial charge in [-0.2, -0.15) is 0 Å². The van der Waals surface area contributed by atoms with Gasteiger partial charge in [-0.25, -0.2) is 4.79 Å². The predicted molar refractivity (Wildman–Crippen MR) is 75.9 cm³/mol. The van der Waals surface area contributed by atoms with Crippen molar-refractivity contribution in [1.29, 1.82) is 0 Å². The number of ether oxygens (including phenoxy) is 1. The quantitative estimate of drug-likeness (QED) is 0.893. The van der Waals surface area contributed by atoms with Gasteiger partial charge < -0.3 is 15.2 Å². The number of carboxylic acid groups (broad SMARTS) is 1. The van der Waals surface area contributed by atoms with Gasteiger partial charge in [-0.15, -0.1) is 11.3 Å². The molecule has 0 aromatic carbocycles. The molecule has 2 heterocycles. The van der Waals surface area contributed by atoms with Gasteiger partial charge in [0.05, 0.1) is 6.04 Å². The van der Waals surface area contributed by atoms with Crippen LogP contribution in [0.3, 0.4) is 0 Å². The first-order valence-corrected chi connectivity index (χ1v) is 7.45. The molecule has 0 spiro atoms. The van der Waals surface area contributed by atoms with Crippen LogP contribution >= 0.6 is 11.3 Å². The second kappa shape index (κ2) is 5.93. The number of aryl methyl sites for hydroxylation is 2. The Morgan fingerprint density at radius 1 is 1.40 bits per heavy atom. The number of aliphatic carboxylic acids is 1. The van der Waals surface area contributed by atoms with E-state index in [9.17, 15) is 9.59 Å². The summed E-state index contributed by atoms with van der Waals surface area (Å²) < 4.78 is 5.25. The molecule has 1 fully saturated rings. The van der Waals surface area contributed by atoms with Gasteiger partial charge in [0.15, 0.2) is 6.10 Å². The molecular weight excluding hydrogens is 278 g/mol. The molecule has 1 aromatic heterocycles. The minimum absolute atomic E-state index is 0.0973. The van der Waals surface area contributed by atoms with Crippen LogP contribution in [0.25, 0.3) is 0 Å².